The van der Waals surface area contributed by atoms with Gasteiger partial charge in [0.25, 0.3) is 0 Å². The first-order valence-corrected chi connectivity index (χ1v) is 6.47. The molecular weight excluding hydrogens is 198 g/mol. The molecule has 14 heavy (non-hydrogen) atoms. The van der Waals surface area contributed by atoms with Crippen LogP contribution in [0.1, 0.15) is 19.3 Å². The highest BCUT2D eigenvalue weighted by Crippen LogP contribution is 2.33. The summed E-state index contributed by atoms with van der Waals surface area (Å²) in [4.78, 5) is 10.8. The molecule has 2 saturated heterocycles. The van der Waals surface area contributed by atoms with Crippen LogP contribution in [0.4, 0.5) is 0 Å². The summed E-state index contributed by atoms with van der Waals surface area (Å²) < 4.78 is 0. The second-order valence-corrected chi connectivity index (χ2v) is 5.47. The van der Waals surface area contributed by atoms with Crippen molar-refractivity contribution in [1.82, 2.24) is 5.32 Å². The molecule has 2 aliphatic heterocycles. The summed E-state index contributed by atoms with van der Waals surface area (Å²) >= 11 is 2.03. The van der Waals surface area contributed by atoms with Gasteiger partial charge in [0.1, 0.15) is 6.04 Å². The minimum absolute atomic E-state index is 0.283. The molecule has 2 heterocycles. The van der Waals surface area contributed by atoms with E-state index < -0.39 is 5.97 Å². The Bertz CT molecular complexity index is 216. The summed E-state index contributed by atoms with van der Waals surface area (Å²) in [6, 6.07) is -0.283. The standard InChI is InChI=1S/C10H17NO2S/c12-10(13)9-5-8(6-11-9)7-1-3-14-4-2-7/h7-9,11H,1-6H2,(H,12,13). The molecule has 2 fully saturated rings. The largest absolute Gasteiger partial charge is 0.480 e. The Morgan fingerprint density at radius 1 is 1.29 bits per heavy atom. The molecule has 0 saturated carbocycles. The Hall–Kier alpha value is -0.220. The molecule has 0 aliphatic carbocycles. The number of carboxylic acid groups (broad SMARTS) is 1. The number of aliphatic carboxylic acids is 1. The molecule has 4 heteroatoms. The fraction of sp³-hybridized carbons (Fsp3) is 0.900. The molecule has 0 amide bonds. The maximum Gasteiger partial charge on any atom is 0.320 e. The molecule has 2 N–H and O–H groups in total. The van der Waals surface area contributed by atoms with Gasteiger partial charge in [-0.3, -0.25) is 4.79 Å². The van der Waals surface area contributed by atoms with Crippen molar-refractivity contribution >= 4 is 17.7 Å². The molecule has 2 unspecified atom stereocenters. The predicted octanol–water partition coefficient (Wildman–Crippen LogP) is 1.19. The molecule has 0 aromatic carbocycles. The average molecular weight is 215 g/mol. The first-order valence-electron chi connectivity index (χ1n) is 5.31. The van der Waals surface area contributed by atoms with E-state index in [1.165, 1.54) is 24.3 Å². The van der Waals surface area contributed by atoms with Gasteiger partial charge in [0, 0.05) is 0 Å². The van der Waals surface area contributed by atoms with Crippen LogP contribution >= 0.6 is 11.8 Å². The number of thioether (sulfide) groups is 1. The maximum atomic E-state index is 10.8. The Morgan fingerprint density at radius 2 is 2.00 bits per heavy atom. The minimum Gasteiger partial charge on any atom is -0.480 e. The van der Waals surface area contributed by atoms with Crippen LogP contribution in [0, 0.1) is 11.8 Å². The summed E-state index contributed by atoms with van der Waals surface area (Å²) in [7, 11) is 0. The Balaban J connectivity index is 1.85. The molecule has 0 aromatic rings. The van der Waals surface area contributed by atoms with Crippen LogP contribution in [0.15, 0.2) is 0 Å². The van der Waals surface area contributed by atoms with E-state index in [0.717, 1.165) is 18.9 Å². The zero-order valence-electron chi connectivity index (χ0n) is 8.24. The zero-order valence-corrected chi connectivity index (χ0v) is 9.05. The van der Waals surface area contributed by atoms with Gasteiger partial charge in [0.05, 0.1) is 0 Å². The van der Waals surface area contributed by atoms with Crippen LogP contribution < -0.4 is 5.32 Å². The van der Waals surface area contributed by atoms with Gasteiger partial charge in [-0.15, -0.1) is 0 Å². The van der Waals surface area contributed by atoms with Crippen molar-refractivity contribution in [2.75, 3.05) is 18.1 Å². The third-order valence-electron chi connectivity index (χ3n) is 3.40. The van der Waals surface area contributed by atoms with Crippen LogP contribution in [-0.4, -0.2) is 35.2 Å². The van der Waals surface area contributed by atoms with Gasteiger partial charge in [-0.05, 0) is 49.1 Å². The van der Waals surface area contributed by atoms with Crippen molar-refractivity contribution < 1.29 is 9.90 Å². The summed E-state index contributed by atoms with van der Waals surface area (Å²) in [5, 5.41) is 12.0. The van der Waals surface area contributed by atoms with E-state index in [1.54, 1.807) is 0 Å². The van der Waals surface area contributed by atoms with E-state index in [-0.39, 0.29) is 6.04 Å². The summed E-state index contributed by atoms with van der Waals surface area (Å²) in [6.07, 6.45) is 3.40. The molecule has 0 spiro atoms. The van der Waals surface area contributed by atoms with Crippen LogP contribution in [0.3, 0.4) is 0 Å². The summed E-state index contributed by atoms with van der Waals surface area (Å²) in [5.74, 6) is 3.22. The van der Waals surface area contributed by atoms with Gasteiger partial charge in [-0.1, -0.05) is 0 Å². The van der Waals surface area contributed by atoms with Gasteiger partial charge < -0.3 is 10.4 Å². The molecule has 0 radical (unpaired) electrons. The highest BCUT2D eigenvalue weighted by atomic mass is 32.2. The van der Waals surface area contributed by atoms with Crippen molar-refractivity contribution in [3.05, 3.63) is 0 Å². The maximum absolute atomic E-state index is 10.8. The fourth-order valence-electron chi connectivity index (χ4n) is 2.50. The van der Waals surface area contributed by atoms with E-state index in [0.29, 0.717) is 5.92 Å². The minimum atomic E-state index is -0.683. The first kappa shape index (κ1) is 10.3. The Kier molecular flexibility index (Phi) is 3.34. The van der Waals surface area contributed by atoms with E-state index in [2.05, 4.69) is 5.32 Å². The van der Waals surface area contributed by atoms with Gasteiger partial charge in [0.15, 0.2) is 0 Å². The zero-order chi connectivity index (χ0) is 9.97. The normalized spacial score (nSPS) is 34.6. The molecule has 3 nitrogen and oxygen atoms in total. The lowest BCUT2D eigenvalue weighted by atomic mass is 9.86. The Morgan fingerprint density at radius 3 is 2.57 bits per heavy atom. The lowest BCUT2D eigenvalue weighted by molar-refractivity contribution is -0.139. The van der Waals surface area contributed by atoms with E-state index in [1.807, 2.05) is 11.8 Å². The quantitative estimate of drug-likeness (QED) is 0.726. The molecule has 0 bridgehead atoms. The molecule has 0 aromatic heterocycles. The van der Waals surface area contributed by atoms with Gasteiger partial charge in [-0.25, -0.2) is 0 Å². The summed E-state index contributed by atoms with van der Waals surface area (Å²) in [5.41, 5.74) is 0. The Labute approximate surface area is 88.6 Å². The molecular formula is C10H17NO2S. The van der Waals surface area contributed by atoms with Gasteiger partial charge in [-0.2, -0.15) is 11.8 Å². The fourth-order valence-corrected chi connectivity index (χ4v) is 3.64. The molecule has 2 atom stereocenters. The summed E-state index contributed by atoms with van der Waals surface area (Å²) in [6.45, 7) is 0.909. The second kappa shape index (κ2) is 4.53. The first-order chi connectivity index (χ1) is 6.77. The topological polar surface area (TPSA) is 49.3 Å². The number of carbonyl (C=O) groups is 1. The monoisotopic (exact) mass is 215 g/mol. The number of carboxylic acids is 1. The van der Waals surface area contributed by atoms with E-state index in [4.69, 9.17) is 5.11 Å². The number of nitrogens with one attached hydrogen (secondary N) is 1. The van der Waals surface area contributed by atoms with Crippen molar-refractivity contribution in [3.63, 3.8) is 0 Å². The molecule has 2 aliphatic rings. The molecule has 80 valence electrons. The number of hydrogen-bond acceptors (Lipinski definition) is 3. The smallest absolute Gasteiger partial charge is 0.320 e. The number of rotatable bonds is 2. The van der Waals surface area contributed by atoms with Crippen molar-refractivity contribution in [1.29, 1.82) is 0 Å². The SMILES string of the molecule is O=C(O)C1CC(C2CCSCC2)CN1. The van der Waals surface area contributed by atoms with E-state index in [9.17, 15) is 4.79 Å². The van der Waals surface area contributed by atoms with Crippen LogP contribution in [-0.2, 0) is 4.79 Å². The predicted molar refractivity (Wildman–Crippen MR) is 57.6 cm³/mol. The van der Waals surface area contributed by atoms with Crippen molar-refractivity contribution in [3.8, 4) is 0 Å². The highest BCUT2D eigenvalue weighted by molar-refractivity contribution is 7.99. The van der Waals surface area contributed by atoms with Crippen LogP contribution in [0.2, 0.25) is 0 Å². The lowest BCUT2D eigenvalue weighted by Gasteiger charge is -2.26. The average Bonchev–Trinajstić information content (AvgIpc) is 2.68. The third-order valence-corrected chi connectivity index (χ3v) is 4.44. The number of hydrogen-bond donors (Lipinski definition) is 2. The van der Waals surface area contributed by atoms with E-state index >= 15 is 0 Å². The van der Waals surface area contributed by atoms with Crippen LogP contribution in [0.25, 0.3) is 0 Å². The third kappa shape index (κ3) is 2.23. The molecule has 2 rings (SSSR count). The second-order valence-electron chi connectivity index (χ2n) is 4.24. The lowest BCUT2D eigenvalue weighted by Crippen LogP contribution is -2.30. The van der Waals surface area contributed by atoms with Crippen LogP contribution in [0.5, 0.6) is 0 Å². The highest BCUT2D eigenvalue weighted by Gasteiger charge is 2.34. The van der Waals surface area contributed by atoms with Crippen molar-refractivity contribution in [2.45, 2.75) is 25.3 Å². The van der Waals surface area contributed by atoms with Crippen molar-refractivity contribution in [2.24, 2.45) is 11.8 Å². The van der Waals surface area contributed by atoms with Gasteiger partial charge >= 0.3 is 5.97 Å². The van der Waals surface area contributed by atoms with Gasteiger partial charge in [0.2, 0.25) is 0 Å².